The van der Waals surface area contributed by atoms with Gasteiger partial charge >= 0.3 is 5.63 Å². The van der Waals surface area contributed by atoms with Crippen LogP contribution in [-0.4, -0.2) is 16.5 Å². The molecule has 4 aliphatic rings. The van der Waals surface area contributed by atoms with Crippen molar-refractivity contribution in [1.29, 1.82) is 0 Å². The Morgan fingerprint density at radius 1 is 1.00 bits per heavy atom. The van der Waals surface area contributed by atoms with Gasteiger partial charge in [0.05, 0.1) is 11.9 Å². The first-order chi connectivity index (χ1) is 13.3. The smallest absolute Gasteiger partial charge is 0.335 e. The molecule has 4 heteroatoms. The molecule has 0 aromatic carbocycles. The predicted octanol–water partition coefficient (Wildman–Crippen LogP) is 4.45. The molecule has 4 fully saturated rings. The van der Waals surface area contributed by atoms with E-state index in [9.17, 15) is 14.7 Å². The third-order valence-electron chi connectivity index (χ3n) is 9.79. The molecular weight excluding hydrogens is 352 g/mol. The van der Waals surface area contributed by atoms with Crippen LogP contribution in [0.15, 0.2) is 27.6 Å². The van der Waals surface area contributed by atoms with Crippen molar-refractivity contribution in [3.05, 3.63) is 34.4 Å². The van der Waals surface area contributed by atoms with E-state index in [0.29, 0.717) is 23.5 Å². The summed E-state index contributed by atoms with van der Waals surface area (Å²) in [7, 11) is 0. The summed E-state index contributed by atoms with van der Waals surface area (Å²) in [4.78, 5) is 23.5. The minimum Gasteiger partial charge on any atom is -0.431 e. The maximum absolute atomic E-state index is 12.1. The van der Waals surface area contributed by atoms with Gasteiger partial charge in [0.2, 0.25) is 0 Å². The summed E-state index contributed by atoms with van der Waals surface area (Å²) in [5.41, 5.74) is 0.1000. The number of fused-ring (bicyclic) bond motifs is 5. The minimum absolute atomic E-state index is 0.179. The zero-order valence-corrected chi connectivity index (χ0v) is 17.1. The van der Waals surface area contributed by atoms with Crippen LogP contribution in [0, 0.1) is 28.6 Å². The van der Waals surface area contributed by atoms with Crippen molar-refractivity contribution < 1.29 is 14.3 Å². The van der Waals surface area contributed by atoms with Crippen molar-refractivity contribution in [3.8, 4) is 0 Å². The first kappa shape index (κ1) is 18.6. The first-order valence-corrected chi connectivity index (χ1v) is 11.1. The number of carbonyl (C=O) groups excluding carboxylic acids is 1. The van der Waals surface area contributed by atoms with E-state index < -0.39 is 5.60 Å². The fourth-order valence-corrected chi connectivity index (χ4v) is 8.11. The number of rotatable bonds is 1. The van der Waals surface area contributed by atoms with Gasteiger partial charge in [0, 0.05) is 24.3 Å². The fourth-order valence-electron chi connectivity index (χ4n) is 8.11. The molecule has 1 aromatic rings. The van der Waals surface area contributed by atoms with E-state index in [1.807, 2.05) is 6.07 Å². The Labute approximate surface area is 166 Å². The molecule has 4 nitrogen and oxygen atoms in total. The normalized spacial score (nSPS) is 47.9. The Kier molecular flexibility index (Phi) is 4.01. The summed E-state index contributed by atoms with van der Waals surface area (Å²) < 4.78 is 5.16. The number of hydrogen-bond acceptors (Lipinski definition) is 4. The topological polar surface area (TPSA) is 67.5 Å². The third-order valence-corrected chi connectivity index (χ3v) is 9.79. The second kappa shape index (κ2) is 6.04. The lowest BCUT2D eigenvalue weighted by Crippen LogP contribution is -2.61. The molecular formula is C24H32O4. The van der Waals surface area contributed by atoms with Crippen LogP contribution in [0.3, 0.4) is 0 Å². The number of aliphatic hydroxyl groups is 1. The molecule has 1 N–H and O–H groups in total. The standard InChI is InChI=1S/C24H32O4/c1-22-10-7-17(25)13-16(22)4-5-20-19(22)8-11-23(2)18(9-12-24(20,23)27)15-3-6-21(26)28-14-15/h3,6,14,16,18-20,27H,4-5,7-13H2,1-2H3/t16-,18?,19?,20?,22+,23-,24+/m1/s1. The third kappa shape index (κ3) is 2.33. The van der Waals surface area contributed by atoms with E-state index in [-0.39, 0.29) is 22.4 Å². The van der Waals surface area contributed by atoms with E-state index in [1.165, 1.54) is 6.07 Å². The van der Waals surface area contributed by atoms with Gasteiger partial charge in [-0.1, -0.05) is 13.8 Å². The van der Waals surface area contributed by atoms with Crippen molar-refractivity contribution in [2.75, 3.05) is 0 Å². The quantitative estimate of drug-likeness (QED) is 0.777. The minimum atomic E-state index is -0.661. The zero-order valence-electron chi connectivity index (χ0n) is 17.1. The summed E-state index contributed by atoms with van der Waals surface area (Å²) in [6, 6.07) is 3.40. The average molecular weight is 385 g/mol. The van der Waals surface area contributed by atoms with Crippen molar-refractivity contribution in [1.82, 2.24) is 0 Å². The highest BCUT2D eigenvalue weighted by atomic mass is 16.4. The Morgan fingerprint density at radius 2 is 1.82 bits per heavy atom. The molecule has 0 bridgehead atoms. The van der Waals surface area contributed by atoms with Crippen LogP contribution in [0.25, 0.3) is 0 Å². The van der Waals surface area contributed by atoms with Crippen molar-refractivity contribution in [3.63, 3.8) is 0 Å². The molecule has 0 amide bonds. The molecule has 1 aromatic heterocycles. The molecule has 0 spiro atoms. The highest BCUT2D eigenvalue weighted by Crippen LogP contribution is 2.70. The highest BCUT2D eigenvalue weighted by Gasteiger charge is 2.67. The number of carbonyl (C=O) groups is 1. The second-order valence-electron chi connectivity index (χ2n) is 10.6. The lowest BCUT2D eigenvalue weighted by atomic mass is 9.43. The van der Waals surface area contributed by atoms with E-state index >= 15 is 0 Å². The Morgan fingerprint density at radius 3 is 2.57 bits per heavy atom. The average Bonchev–Trinajstić information content (AvgIpc) is 2.95. The van der Waals surface area contributed by atoms with Gasteiger partial charge in [0.25, 0.3) is 0 Å². The molecule has 1 heterocycles. The lowest BCUT2D eigenvalue weighted by Gasteiger charge is -2.63. The van der Waals surface area contributed by atoms with Crippen LogP contribution in [0.5, 0.6) is 0 Å². The first-order valence-electron chi connectivity index (χ1n) is 11.1. The van der Waals surface area contributed by atoms with Gasteiger partial charge in [-0.15, -0.1) is 0 Å². The molecule has 3 unspecified atom stereocenters. The highest BCUT2D eigenvalue weighted by molar-refractivity contribution is 5.79. The predicted molar refractivity (Wildman–Crippen MR) is 106 cm³/mol. The van der Waals surface area contributed by atoms with Crippen molar-refractivity contribution in [2.45, 2.75) is 83.2 Å². The van der Waals surface area contributed by atoms with Gasteiger partial charge in [-0.3, -0.25) is 4.79 Å². The molecule has 0 aliphatic heterocycles. The zero-order chi connectivity index (χ0) is 19.7. The molecule has 152 valence electrons. The Hall–Kier alpha value is -1.42. The van der Waals surface area contributed by atoms with E-state index in [4.69, 9.17) is 4.42 Å². The molecule has 0 saturated heterocycles. The van der Waals surface area contributed by atoms with Crippen molar-refractivity contribution >= 4 is 5.78 Å². The van der Waals surface area contributed by atoms with Crippen LogP contribution in [0.2, 0.25) is 0 Å². The molecule has 0 radical (unpaired) electrons. The van der Waals surface area contributed by atoms with Crippen LogP contribution >= 0.6 is 0 Å². The largest absolute Gasteiger partial charge is 0.431 e. The Balaban J connectivity index is 1.49. The van der Waals surface area contributed by atoms with Gasteiger partial charge in [0.1, 0.15) is 5.78 Å². The molecule has 5 rings (SSSR count). The molecule has 4 saturated carbocycles. The van der Waals surface area contributed by atoms with Crippen molar-refractivity contribution in [2.24, 2.45) is 28.6 Å². The lowest BCUT2D eigenvalue weighted by molar-refractivity contribution is -0.200. The SMILES string of the molecule is C[C@]12CCC(=O)C[C@H]1CCC1C2CC[C@]2(C)C(c3ccc(=O)oc3)CC[C@]12O. The number of ketones is 1. The molecule has 4 aliphatic carbocycles. The summed E-state index contributed by atoms with van der Waals surface area (Å²) in [6.07, 6.45) is 10.1. The van der Waals surface area contributed by atoms with Crippen LogP contribution in [0.1, 0.15) is 83.1 Å². The van der Waals surface area contributed by atoms with Gasteiger partial charge < -0.3 is 9.52 Å². The van der Waals surface area contributed by atoms with E-state index in [0.717, 1.165) is 63.4 Å². The molecule has 7 atom stereocenters. The number of hydrogen-bond donors (Lipinski definition) is 1. The monoisotopic (exact) mass is 384 g/mol. The summed E-state index contributed by atoms with van der Waals surface area (Å²) in [5, 5.41) is 12.1. The van der Waals surface area contributed by atoms with Crippen LogP contribution in [-0.2, 0) is 4.79 Å². The van der Waals surface area contributed by atoms with Gasteiger partial charge in [-0.25, -0.2) is 4.79 Å². The maximum atomic E-state index is 12.1. The van der Waals surface area contributed by atoms with Crippen LogP contribution in [0.4, 0.5) is 0 Å². The summed E-state index contributed by atoms with van der Waals surface area (Å²) in [6.45, 7) is 4.68. The number of Topliss-reactive ketones (excluding diaryl/α,β-unsaturated/α-hetero) is 1. The van der Waals surface area contributed by atoms with Gasteiger partial charge in [-0.05, 0) is 85.7 Å². The van der Waals surface area contributed by atoms with Crippen LogP contribution < -0.4 is 5.63 Å². The summed E-state index contributed by atoms with van der Waals surface area (Å²) in [5.74, 6) is 2.02. The maximum Gasteiger partial charge on any atom is 0.335 e. The van der Waals surface area contributed by atoms with Gasteiger partial charge in [-0.2, -0.15) is 0 Å². The van der Waals surface area contributed by atoms with E-state index in [1.54, 1.807) is 6.26 Å². The fraction of sp³-hybridized carbons (Fsp3) is 0.750. The summed E-state index contributed by atoms with van der Waals surface area (Å²) >= 11 is 0. The second-order valence-corrected chi connectivity index (χ2v) is 10.6. The van der Waals surface area contributed by atoms with E-state index in [2.05, 4.69) is 13.8 Å². The molecule has 28 heavy (non-hydrogen) atoms. The Bertz CT molecular complexity index is 838. The van der Waals surface area contributed by atoms with Gasteiger partial charge in [0.15, 0.2) is 0 Å².